The Morgan fingerprint density at radius 2 is 1.79 bits per heavy atom. The van der Waals surface area contributed by atoms with Gasteiger partial charge in [0.1, 0.15) is 0 Å². The van der Waals surface area contributed by atoms with Crippen molar-refractivity contribution in [2.24, 2.45) is 17.8 Å². The number of benzene rings is 1. The minimum Gasteiger partial charge on any atom is -0.353 e. The number of fused-ring (bicyclic) bond motifs is 2. The summed E-state index contributed by atoms with van der Waals surface area (Å²) in [7, 11) is -3.23. The van der Waals surface area contributed by atoms with Crippen LogP contribution in [-0.2, 0) is 21.2 Å². The molecule has 3 fully saturated rings. The molecule has 5 nitrogen and oxygen atoms in total. The first-order valence-corrected chi connectivity index (χ1v) is 12.4. The van der Waals surface area contributed by atoms with Gasteiger partial charge in [-0.3, -0.25) is 4.79 Å². The Hall–Kier alpha value is -1.40. The van der Waals surface area contributed by atoms with Gasteiger partial charge in [0.25, 0.3) is 0 Å². The zero-order valence-corrected chi connectivity index (χ0v) is 17.4. The number of nitrogens with zero attached hydrogens (tertiary/aromatic N) is 1. The minimum atomic E-state index is -3.23. The van der Waals surface area contributed by atoms with E-state index >= 15 is 0 Å². The van der Waals surface area contributed by atoms with Crippen LogP contribution in [0.2, 0.25) is 0 Å². The van der Waals surface area contributed by atoms with E-state index in [1.165, 1.54) is 24.8 Å². The zero-order chi connectivity index (χ0) is 19.6. The average molecular weight is 405 g/mol. The molecular formula is C22H32N2O3S. The molecule has 2 bridgehead atoms. The van der Waals surface area contributed by atoms with Crippen LogP contribution >= 0.6 is 0 Å². The van der Waals surface area contributed by atoms with Gasteiger partial charge in [0.15, 0.2) is 0 Å². The average Bonchev–Trinajstić information content (AvgIpc) is 3.32. The molecule has 2 saturated carbocycles. The largest absolute Gasteiger partial charge is 0.353 e. The highest BCUT2D eigenvalue weighted by Crippen LogP contribution is 2.44. The summed E-state index contributed by atoms with van der Waals surface area (Å²) in [6.45, 7) is 0.949. The van der Waals surface area contributed by atoms with Gasteiger partial charge in [-0.2, -0.15) is 0 Å². The Kier molecular flexibility index (Phi) is 6.07. The fraction of sp³-hybridized carbons (Fsp3) is 0.682. The Labute approximate surface area is 168 Å². The first-order valence-electron chi connectivity index (χ1n) is 10.8. The van der Waals surface area contributed by atoms with Crippen LogP contribution in [0.3, 0.4) is 0 Å². The van der Waals surface area contributed by atoms with Crippen LogP contribution in [-0.4, -0.2) is 43.5 Å². The molecule has 0 aromatic heterocycles. The highest BCUT2D eigenvalue weighted by Gasteiger charge is 2.41. The van der Waals surface area contributed by atoms with Gasteiger partial charge >= 0.3 is 0 Å². The first kappa shape index (κ1) is 19.9. The van der Waals surface area contributed by atoms with E-state index in [0.717, 1.165) is 18.8 Å². The topological polar surface area (TPSA) is 66.5 Å². The van der Waals surface area contributed by atoms with E-state index in [-0.39, 0.29) is 17.6 Å². The lowest BCUT2D eigenvalue weighted by Crippen LogP contribution is -2.46. The molecule has 1 heterocycles. The van der Waals surface area contributed by atoms with Crippen LogP contribution in [0.15, 0.2) is 30.3 Å². The molecule has 3 aliphatic rings. The molecule has 3 unspecified atom stereocenters. The number of hydrogen-bond donors (Lipinski definition) is 1. The number of piperidine rings is 1. The van der Waals surface area contributed by atoms with Gasteiger partial charge in [-0.1, -0.05) is 36.8 Å². The van der Waals surface area contributed by atoms with E-state index < -0.39 is 10.0 Å². The molecular weight excluding hydrogens is 372 g/mol. The Morgan fingerprint density at radius 1 is 1.04 bits per heavy atom. The lowest BCUT2D eigenvalue weighted by Gasteiger charge is -2.32. The van der Waals surface area contributed by atoms with Gasteiger partial charge in [0, 0.05) is 25.0 Å². The predicted octanol–water partition coefficient (Wildman–Crippen LogP) is 2.97. The minimum absolute atomic E-state index is 0.0325. The molecule has 2 aliphatic carbocycles. The third kappa shape index (κ3) is 4.60. The van der Waals surface area contributed by atoms with Crippen molar-refractivity contribution in [3.05, 3.63) is 35.9 Å². The van der Waals surface area contributed by atoms with Crippen molar-refractivity contribution in [1.29, 1.82) is 0 Å². The Morgan fingerprint density at radius 3 is 2.43 bits per heavy atom. The van der Waals surface area contributed by atoms with E-state index in [9.17, 15) is 13.2 Å². The van der Waals surface area contributed by atoms with Gasteiger partial charge in [0.2, 0.25) is 15.9 Å². The predicted molar refractivity (Wildman–Crippen MR) is 110 cm³/mol. The Bertz CT molecular complexity index is 772. The molecule has 1 aliphatic heterocycles. The highest BCUT2D eigenvalue weighted by molar-refractivity contribution is 7.89. The summed E-state index contributed by atoms with van der Waals surface area (Å²) in [6.07, 6.45) is 7.72. The number of rotatable bonds is 7. The van der Waals surface area contributed by atoms with Gasteiger partial charge < -0.3 is 5.32 Å². The lowest BCUT2D eigenvalue weighted by atomic mass is 9.93. The fourth-order valence-corrected chi connectivity index (χ4v) is 6.89. The lowest BCUT2D eigenvalue weighted by molar-refractivity contribution is -0.127. The summed E-state index contributed by atoms with van der Waals surface area (Å²) >= 11 is 0. The number of sulfonamides is 1. The number of amides is 1. The van der Waals surface area contributed by atoms with E-state index in [1.54, 1.807) is 4.31 Å². The van der Waals surface area contributed by atoms with Gasteiger partial charge in [0.05, 0.1) is 5.75 Å². The highest BCUT2D eigenvalue weighted by atomic mass is 32.2. The van der Waals surface area contributed by atoms with Crippen LogP contribution in [0, 0.1) is 17.8 Å². The van der Waals surface area contributed by atoms with Gasteiger partial charge in [-0.25, -0.2) is 12.7 Å². The molecule has 28 heavy (non-hydrogen) atoms. The van der Waals surface area contributed by atoms with Crippen molar-refractivity contribution in [2.45, 2.75) is 57.4 Å². The summed E-state index contributed by atoms with van der Waals surface area (Å²) < 4.78 is 26.9. The van der Waals surface area contributed by atoms with E-state index in [0.29, 0.717) is 44.3 Å². The molecule has 4 rings (SSSR count). The van der Waals surface area contributed by atoms with Crippen LogP contribution in [0.5, 0.6) is 0 Å². The standard InChI is InChI=1S/C22H32N2O3S/c25-22(23-21-16-18-8-9-20(21)15-18)19-10-12-24(13-11-19)28(26,27)14-4-7-17-5-2-1-3-6-17/h1-3,5-6,18-21H,4,7-16H2,(H,23,25). The van der Waals surface area contributed by atoms with Gasteiger partial charge in [-0.15, -0.1) is 0 Å². The molecule has 0 spiro atoms. The SMILES string of the molecule is O=C(NC1CC2CCC1C2)C1CCN(S(=O)(=O)CCCc2ccccc2)CC1. The van der Waals surface area contributed by atoms with Crippen molar-refractivity contribution in [3.8, 4) is 0 Å². The zero-order valence-electron chi connectivity index (χ0n) is 16.6. The molecule has 3 atom stereocenters. The Balaban J connectivity index is 1.21. The monoisotopic (exact) mass is 404 g/mol. The van der Waals surface area contributed by atoms with Crippen LogP contribution in [0.25, 0.3) is 0 Å². The number of carbonyl (C=O) groups excluding carboxylic acids is 1. The number of hydrogen-bond acceptors (Lipinski definition) is 3. The van der Waals surface area contributed by atoms with Crippen LogP contribution < -0.4 is 5.32 Å². The maximum absolute atomic E-state index is 12.6. The third-order valence-corrected chi connectivity index (χ3v) is 8.95. The molecule has 154 valence electrons. The summed E-state index contributed by atoms with van der Waals surface area (Å²) in [4.78, 5) is 12.6. The van der Waals surface area contributed by atoms with Crippen LogP contribution in [0.1, 0.15) is 50.5 Å². The van der Waals surface area contributed by atoms with Crippen molar-refractivity contribution in [3.63, 3.8) is 0 Å². The third-order valence-electron chi connectivity index (χ3n) is 6.99. The van der Waals surface area contributed by atoms with Gasteiger partial charge in [-0.05, 0) is 62.3 Å². The normalized spacial score (nSPS) is 28.5. The van der Waals surface area contributed by atoms with E-state index in [1.807, 2.05) is 30.3 Å². The quantitative estimate of drug-likeness (QED) is 0.760. The maximum Gasteiger partial charge on any atom is 0.223 e. The second-order valence-electron chi connectivity index (χ2n) is 8.87. The first-order chi connectivity index (χ1) is 13.5. The second kappa shape index (κ2) is 8.54. The second-order valence-corrected chi connectivity index (χ2v) is 11.0. The summed E-state index contributed by atoms with van der Waals surface area (Å²) in [5.74, 6) is 1.80. The maximum atomic E-state index is 12.6. The number of carbonyl (C=O) groups is 1. The molecule has 1 saturated heterocycles. The fourth-order valence-electron chi connectivity index (χ4n) is 5.35. The van der Waals surface area contributed by atoms with Crippen molar-refractivity contribution in [1.82, 2.24) is 9.62 Å². The molecule has 1 N–H and O–H groups in total. The molecule has 1 aromatic rings. The van der Waals surface area contributed by atoms with E-state index in [4.69, 9.17) is 0 Å². The summed E-state index contributed by atoms with van der Waals surface area (Å²) in [6, 6.07) is 10.4. The number of nitrogens with one attached hydrogen (secondary N) is 1. The smallest absolute Gasteiger partial charge is 0.223 e. The number of aryl methyl sites for hydroxylation is 1. The molecule has 1 amide bonds. The van der Waals surface area contributed by atoms with E-state index in [2.05, 4.69) is 5.32 Å². The van der Waals surface area contributed by atoms with Crippen molar-refractivity contribution >= 4 is 15.9 Å². The summed E-state index contributed by atoms with van der Waals surface area (Å²) in [5, 5.41) is 3.28. The van der Waals surface area contributed by atoms with Crippen molar-refractivity contribution < 1.29 is 13.2 Å². The molecule has 1 aromatic carbocycles. The molecule has 6 heteroatoms. The molecule has 0 radical (unpaired) electrons. The van der Waals surface area contributed by atoms with Crippen LogP contribution in [0.4, 0.5) is 0 Å². The van der Waals surface area contributed by atoms with Crippen molar-refractivity contribution in [2.75, 3.05) is 18.8 Å². The summed E-state index contributed by atoms with van der Waals surface area (Å²) in [5.41, 5.74) is 1.17.